The molecule has 1 aliphatic carbocycles. The largest absolute Gasteiger partial charge is 0.326 e. The highest BCUT2D eigenvalue weighted by Gasteiger charge is 2.30. The van der Waals surface area contributed by atoms with Gasteiger partial charge in [-0.05, 0) is 43.6 Å². The van der Waals surface area contributed by atoms with E-state index >= 15 is 0 Å². The Bertz CT molecular complexity index is 368. The fraction of sp³-hybridized carbons (Fsp3) is 0.625. The van der Waals surface area contributed by atoms with Gasteiger partial charge < -0.3 is 5.73 Å². The molecule has 1 aromatic rings. The molecule has 1 heterocycles. The topological polar surface area (TPSA) is 29.3 Å². The van der Waals surface area contributed by atoms with Crippen molar-refractivity contribution in [3.05, 3.63) is 35.9 Å². The van der Waals surface area contributed by atoms with Crippen LogP contribution in [-0.2, 0) is 0 Å². The van der Waals surface area contributed by atoms with E-state index in [1.807, 2.05) is 0 Å². The maximum Gasteiger partial charge on any atom is 0.0180 e. The molecule has 1 aliphatic heterocycles. The molecule has 1 atom stereocenters. The molecule has 1 aromatic carbocycles. The lowest BCUT2D eigenvalue weighted by molar-refractivity contribution is 0.180. The first-order valence-corrected chi connectivity index (χ1v) is 7.37. The van der Waals surface area contributed by atoms with Gasteiger partial charge in [-0.1, -0.05) is 30.3 Å². The van der Waals surface area contributed by atoms with Crippen molar-refractivity contribution in [2.75, 3.05) is 13.1 Å². The summed E-state index contributed by atoms with van der Waals surface area (Å²) in [5.41, 5.74) is 7.54. The van der Waals surface area contributed by atoms with E-state index in [0.29, 0.717) is 6.04 Å². The van der Waals surface area contributed by atoms with Crippen LogP contribution >= 0.6 is 0 Å². The molecule has 1 saturated carbocycles. The number of nitrogens with zero attached hydrogens (tertiary/aromatic N) is 1. The minimum absolute atomic E-state index is 0.428. The van der Waals surface area contributed by atoms with E-state index < -0.39 is 0 Å². The fourth-order valence-corrected chi connectivity index (χ4v) is 3.65. The SMILES string of the molecule is N[C@H]1CCN(C2CCC(c3ccccc3)CC2)C1. The van der Waals surface area contributed by atoms with Crippen LogP contribution in [0.15, 0.2) is 30.3 Å². The minimum Gasteiger partial charge on any atom is -0.326 e. The smallest absolute Gasteiger partial charge is 0.0180 e. The van der Waals surface area contributed by atoms with Gasteiger partial charge in [-0.25, -0.2) is 0 Å². The molecule has 2 nitrogen and oxygen atoms in total. The predicted molar refractivity (Wildman–Crippen MR) is 75.6 cm³/mol. The summed E-state index contributed by atoms with van der Waals surface area (Å²) in [6, 6.07) is 12.3. The maximum atomic E-state index is 6.01. The Kier molecular flexibility index (Phi) is 3.67. The zero-order chi connectivity index (χ0) is 12.4. The molecule has 0 amide bonds. The molecule has 98 valence electrons. The zero-order valence-electron chi connectivity index (χ0n) is 11.1. The van der Waals surface area contributed by atoms with E-state index in [1.54, 1.807) is 0 Å². The fourth-order valence-electron chi connectivity index (χ4n) is 3.65. The second-order valence-electron chi connectivity index (χ2n) is 5.96. The van der Waals surface area contributed by atoms with Crippen LogP contribution in [-0.4, -0.2) is 30.1 Å². The Hall–Kier alpha value is -0.860. The minimum atomic E-state index is 0.428. The third kappa shape index (κ3) is 2.60. The van der Waals surface area contributed by atoms with Crippen molar-refractivity contribution in [3.8, 4) is 0 Å². The van der Waals surface area contributed by atoms with Gasteiger partial charge >= 0.3 is 0 Å². The van der Waals surface area contributed by atoms with Gasteiger partial charge in [0.1, 0.15) is 0 Å². The maximum absolute atomic E-state index is 6.01. The molecule has 3 rings (SSSR count). The molecular weight excluding hydrogens is 220 g/mol. The molecule has 1 saturated heterocycles. The summed E-state index contributed by atoms with van der Waals surface area (Å²) in [5, 5.41) is 0. The molecule has 2 N–H and O–H groups in total. The van der Waals surface area contributed by atoms with Crippen molar-refractivity contribution in [2.24, 2.45) is 5.73 Å². The second kappa shape index (κ2) is 5.41. The molecule has 2 heteroatoms. The monoisotopic (exact) mass is 244 g/mol. The standard InChI is InChI=1S/C16H24N2/c17-15-10-11-18(12-15)16-8-6-14(7-9-16)13-4-2-1-3-5-13/h1-5,14-16H,6-12,17H2/t14?,15-,16?/m0/s1. The van der Waals surface area contributed by atoms with Crippen LogP contribution in [0.3, 0.4) is 0 Å². The van der Waals surface area contributed by atoms with Crippen LogP contribution in [0.5, 0.6) is 0 Å². The molecule has 0 radical (unpaired) electrons. The molecule has 0 bridgehead atoms. The average molecular weight is 244 g/mol. The van der Waals surface area contributed by atoms with Crippen LogP contribution in [0.1, 0.15) is 43.6 Å². The number of hydrogen-bond acceptors (Lipinski definition) is 2. The van der Waals surface area contributed by atoms with Gasteiger partial charge in [-0.15, -0.1) is 0 Å². The number of nitrogens with two attached hydrogens (primary N) is 1. The number of rotatable bonds is 2. The van der Waals surface area contributed by atoms with E-state index in [2.05, 4.69) is 35.2 Å². The molecule has 0 unspecified atom stereocenters. The highest BCUT2D eigenvalue weighted by molar-refractivity contribution is 5.20. The first-order chi connectivity index (χ1) is 8.83. The highest BCUT2D eigenvalue weighted by Crippen LogP contribution is 2.35. The van der Waals surface area contributed by atoms with E-state index in [0.717, 1.165) is 18.5 Å². The average Bonchev–Trinajstić information content (AvgIpc) is 2.87. The first kappa shape index (κ1) is 12.2. The van der Waals surface area contributed by atoms with Gasteiger partial charge in [0.25, 0.3) is 0 Å². The van der Waals surface area contributed by atoms with Crippen molar-refractivity contribution in [1.82, 2.24) is 4.90 Å². The Morgan fingerprint density at radius 2 is 1.67 bits per heavy atom. The molecular formula is C16H24N2. The molecule has 18 heavy (non-hydrogen) atoms. The highest BCUT2D eigenvalue weighted by atomic mass is 15.2. The van der Waals surface area contributed by atoms with Crippen LogP contribution in [0.25, 0.3) is 0 Å². The summed E-state index contributed by atoms with van der Waals surface area (Å²) in [6.45, 7) is 2.35. The lowest BCUT2D eigenvalue weighted by Gasteiger charge is -2.34. The van der Waals surface area contributed by atoms with Crippen molar-refractivity contribution in [2.45, 2.75) is 50.1 Å². The summed E-state index contributed by atoms with van der Waals surface area (Å²) < 4.78 is 0. The van der Waals surface area contributed by atoms with Crippen molar-refractivity contribution >= 4 is 0 Å². The summed E-state index contributed by atoms with van der Waals surface area (Å²) >= 11 is 0. The van der Waals surface area contributed by atoms with Crippen LogP contribution in [0, 0.1) is 0 Å². The van der Waals surface area contributed by atoms with Gasteiger partial charge in [0.2, 0.25) is 0 Å². The number of benzene rings is 1. The Morgan fingerprint density at radius 3 is 2.28 bits per heavy atom. The number of likely N-dealkylation sites (tertiary alicyclic amines) is 1. The predicted octanol–water partition coefficient (Wildman–Crippen LogP) is 2.75. The molecule has 0 aromatic heterocycles. The second-order valence-corrected chi connectivity index (χ2v) is 5.96. The number of hydrogen-bond donors (Lipinski definition) is 1. The van der Waals surface area contributed by atoms with Crippen LogP contribution < -0.4 is 5.73 Å². The third-order valence-corrected chi connectivity index (χ3v) is 4.74. The molecule has 2 aliphatic rings. The zero-order valence-corrected chi connectivity index (χ0v) is 11.1. The quantitative estimate of drug-likeness (QED) is 0.866. The molecule has 0 spiro atoms. The summed E-state index contributed by atoms with van der Waals surface area (Å²) in [7, 11) is 0. The normalized spacial score (nSPS) is 33.7. The van der Waals surface area contributed by atoms with Gasteiger partial charge in [-0.3, -0.25) is 4.90 Å². The first-order valence-electron chi connectivity index (χ1n) is 7.37. The van der Waals surface area contributed by atoms with Crippen molar-refractivity contribution in [3.63, 3.8) is 0 Å². The van der Waals surface area contributed by atoms with E-state index in [9.17, 15) is 0 Å². The van der Waals surface area contributed by atoms with Crippen LogP contribution in [0.4, 0.5) is 0 Å². The van der Waals surface area contributed by atoms with Crippen molar-refractivity contribution in [1.29, 1.82) is 0 Å². The van der Waals surface area contributed by atoms with Gasteiger partial charge in [0.15, 0.2) is 0 Å². The van der Waals surface area contributed by atoms with Crippen molar-refractivity contribution < 1.29 is 0 Å². The van der Waals surface area contributed by atoms with Gasteiger partial charge in [-0.2, -0.15) is 0 Å². The Balaban J connectivity index is 1.55. The van der Waals surface area contributed by atoms with E-state index in [-0.39, 0.29) is 0 Å². The van der Waals surface area contributed by atoms with Gasteiger partial charge in [0, 0.05) is 25.2 Å². The van der Waals surface area contributed by atoms with Crippen LogP contribution in [0.2, 0.25) is 0 Å². The third-order valence-electron chi connectivity index (χ3n) is 4.74. The molecule has 2 fully saturated rings. The summed E-state index contributed by atoms with van der Waals surface area (Å²) in [5.74, 6) is 0.790. The Morgan fingerprint density at radius 1 is 0.944 bits per heavy atom. The summed E-state index contributed by atoms with van der Waals surface area (Å²) in [6.07, 6.45) is 6.60. The van der Waals surface area contributed by atoms with Gasteiger partial charge in [0.05, 0.1) is 0 Å². The lowest BCUT2D eigenvalue weighted by atomic mass is 9.81. The lowest BCUT2D eigenvalue weighted by Crippen LogP contribution is -2.37. The van der Waals surface area contributed by atoms with E-state index in [4.69, 9.17) is 5.73 Å². The summed E-state index contributed by atoms with van der Waals surface area (Å²) in [4.78, 5) is 2.63. The van der Waals surface area contributed by atoms with E-state index in [1.165, 1.54) is 44.2 Å². The Labute approximate surface area is 110 Å².